The molecule has 1 saturated heterocycles. The van der Waals surface area contributed by atoms with E-state index in [1.807, 2.05) is 17.0 Å². The van der Waals surface area contributed by atoms with Crippen molar-refractivity contribution in [2.45, 2.75) is 44.2 Å². The first-order valence-corrected chi connectivity index (χ1v) is 7.38. The Morgan fingerprint density at radius 2 is 1.81 bits per heavy atom. The number of carbonyl (C=O) groups is 1. The van der Waals surface area contributed by atoms with Gasteiger partial charge in [-0.15, -0.1) is 12.4 Å². The lowest BCUT2D eigenvalue weighted by Gasteiger charge is -2.33. The average molecular weight is 311 g/mol. The number of hydrogen-bond donors (Lipinski definition) is 1. The molecule has 2 N–H and O–H groups in total. The SMILES string of the molecule is Cc1ccc(OC2CCN(C(=O)C3(N)CC3)CC2)cc1.Cl. The van der Waals surface area contributed by atoms with Gasteiger partial charge >= 0.3 is 0 Å². The smallest absolute Gasteiger partial charge is 0.242 e. The maximum atomic E-state index is 12.1. The quantitative estimate of drug-likeness (QED) is 0.932. The maximum Gasteiger partial charge on any atom is 0.242 e. The molecule has 2 aliphatic rings. The van der Waals surface area contributed by atoms with Gasteiger partial charge in [0.25, 0.3) is 0 Å². The largest absolute Gasteiger partial charge is 0.490 e. The minimum absolute atomic E-state index is 0. The van der Waals surface area contributed by atoms with Crippen molar-refractivity contribution in [3.8, 4) is 5.75 Å². The molecule has 1 heterocycles. The summed E-state index contributed by atoms with van der Waals surface area (Å²) < 4.78 is 5.97. The highest BCUT2D eigenvalue weighted by molar-refractivity contribution is 5.89. The van der Waals surface area contributed by atoms with Gasteiger partial charge in [-0.1, -0.05) is 17.7 Å². The number of nitrogens with two attached hydrogens (primary N) is 1. The zero-order valence-corrected chi connectivity index (χ0v) is 13.2. The van der Waals surface area contributed by atoms with Crippen molar-refractivity contribution in [1.29, 1.82) is 0 Å². The van der Waals surface area contributed by atoms with Crippen LogP contribution in [0.2, 0.25) is 0 Å². The number of hydrogen-bond acceptors (Lipinski definition) is 3. The highest BCUT2D eigenvalue weighted by Gasteiger charge is 2.48. The fourth-order valence-electron chi connectivity index (χ4n) is 2.65. The van der Waals surface area contributed by atoms with Gasteiger partial charge in [0.05, 0.1) is 5.54 Å². The van der Waals surface area contributed by atoms with Crippen LogP contribution in [0.15, 0.2) is 24.3 Å². The summed E-state index contributed by atoms with van der Waals surface area (Å²) in [6.07, 6.45) is 3.65. The Labute approximate surface area is 132 Å². The van der Waals surface area contributed by atoms with Crippen LogP contribution in [-0.2, 0) is 4.79 Å². The number of amides is 1. The van der Waals surface area contributed by atoms with Gasteiger partial charge in [-0.3, -0.25) is 4.79 Å². The molecule has 0 radical (unpaired) electrons. The number of aryl methyl sites for hydroxylation is 1. The number of benzene rings is 1. The Morgan fingerprint density at radius 3 is 2.33 bits per heavy atom. The number of likely N-dealkylation sites (tertiary alicyclic amines) is 1. The van der Waals surface area contributed by atoms with E-state index >= 15 is 0 Å². The molecular weight excluding hydrogens is 288 g/mol. The molecule has 5 heteroatoms. The van der Waals surface area contributed by atoms with E-state index < -0.39 is 5.54 Å². The zero-order valence-electron chi connectivity index (χ0n) is 12.4. The van der Waals surface area contributed by atoms with Crippen molar-refractivity contribution in [3.63, 3.8) is 0 Å². The third-order valence-electron chi connectivity index (χ3n) is 4.27. The third kappa shape index (κ3) is 3.69. The summed E-state index contributed by atoms with van der Waals surface area (Å²) in [7, 11) is 0. The zero-order chi connectivity index (χ0) is 14.2. The molecule has 1 saturated carbocycles. The molecule has 0 atom stereocenters. The van der Waals surface area contributed by atoms with Crippen molar-refractivity contribution < 1.29 is 9.53 Å². The molecule has 0 bridgehead atoms. The number of rotatable bonds is 3. The topological polar surface area (TPSA) is 55.6 Å². The summed E-state index contributed by atoms with van der Waals surface area (Å²) >= 11 is 0. The minimum Gasteiger partial charge on any atom is -0.490 e. The molecule has 116 valence electrons. The Balaban J connectivity index is 0.00000161. The predicted octanol–water partition coefficient (Wildman–Crippen LogP) is 2.28. The van der Waals surface area contributed by atoms with E-state index in [9.17, 15) is 4.79 Å². The second kappa shape index (κ2) is 6.24. The van der Waals surface area contributed by atoms with Crippen molar-refractivity contribution in [3.05, 3.63) is 29.8 Å². The standard InChI is InChI=1S/C16H22N2O2.ClH/c1-12-2-4-13(5-3-12)20-14-6-10-18(11-7-14)15(19)16(17)8-9-16;/h2-5,14H,6-11,17H2,1H3;1H. The van der Waals surface area contributed by atoms with Crippen LogP contribution in [0.4, 0.5) is 0 Å². The number of piperidine rings is 1. The van der Waals surface area contributed by atoms with E-state index in [0.717, 1.165) is 44.5 Å². The molecule has 1 amide bonds. The van der Waals surface area contributed by atoms with Gasteiger partial charge in [0.1, 0.15) is 11.9 Å². The van der Waals surface area contributed by atoms with E-state index in [1.54, 1.807) is 0 Å². The number of ether oxygens (including phenoxy) is 1. The second-order valence-electron chi connectivity index (χ2n) is 6.08. The Morgan fingerprint density at radius 1 is 1.24 bits per heavy atom. The van der Waals surface area contributed by atoms with Gasteiger partial charge in [-0.2, -0.15) is 0 Å². The van der Waals surface area contributed by atoms with E-state index in [-0.39, 0.29) is 24.4 Å². The maximum absolute atomic E-state index is 12.1. The van der Waals surface area contributed by atoms with Crippen LogP contribution in [0.3, 0.4) is 0 Å². The highest BCUT2D eigenvalue weighted by atomic mass is 35.5. The summed E-state index contributed by atoms with van der Waals surface area (Å²) in [4.78, 5) is 14.0. The second-order valence-corrected chi connectivity index (χ2v) is 6.08. The van der Waals surface area contributed by atoms with Crippen LogP contribution in [-0.4, -0.2) is 35.5 Å². The fraction of sp³-hybridized carbons (Fsp3) is 0.562. The Bertz CT molecular complexity index is 492. The summed E-state index contributed by atoms with van der Waals surface area (Å²) in [5.74, 6) is 1.05. The molecule has 1 aromatic rings. The van der Waals surface area contributed by atoms with Gasteiger partial charge in [-0.25, -0.2) is 0 Å². The van der Waals surface area contributed by atoms with Crippen LogP contribution in [0, 0.1) is 6.92 Å². The predicted molar refractivity (Wildman–Crippen MR) is 84.8 cm³/mol. The molecule has 0 unspecified atom stereocenters. The average Bonchev–Trinajstić information content (AvgIpc) is 3.21. The molecular formula is C16H23ClN2O2. The first-order chi connectivity index (χ1) is 9.57. The highest BCUT2D eigenvalue weighted by Crippen LogP contribution is 2.35. The molecule has 1 aromatic carbocycles. The van der Waals surface area contributed by atoms with E-state index in [1.165, 1.54) is 5.56 Å². The van der Waals surface area contributed by atoms with Crippen LogP contribution in [0.25, 0.3) is 0 Å². The first-order valence-electron chi connectivity index (χ1n) is 7.38. The van der Waals surface area contributed by atoms with Gasteiger partial charge in [0.2, 0.25) is 5.91 Å². The number of nitrogens with zero attached hydrogens (tertiary/aromatic N) is 1. The van der Waals surface area contributed by atoms with E-state index in [0.29, 0.717) is 0 Å². The Hall–Kier alpha value is -1.26. The van der Waals surface area contributed by atoms with Gasteiger partial charge in [0, 0.05) is 25.9 Å². The van der Waals surface area contributed by atoms with Crippen LogP contribution < -0.4 is 10.5 Å². The molecule has 2 fully saturated rings. The van der Waals surface area contributed by atoms with Crippen molar-refractivity contribution in [2.24, 2.45) is 5.73 Å². The fourth-order valence-corrected chi connectivity index (χ4v) is 2.65. The van der Waals surface area contributed by atoms with Crippen molar-refractivity contribution in [2.75, 3.05) is 13.1 Å². The van der Waals surface area contributed by atoms with Gasteiger partial charge < -0.3 is 15.4 Å². The summed E-state index contributed by atoms with van der Waals surface area (Å²) in [5.41, 5.74) is 6.67. The molecule has 4 nitrogen and oxygen atoms in total. The molecule has 0 spiro atoms. The van der Waals surface area contributed by atoms with Gasteiger partial charge in [0.15, 0.2) is 0 Å². The lowest BCUT2D eigenvalue weighted by Crippen LogP contribution is -2.50. The molecule has 21 heavy (non-hydrogen) atoms. The molecule has 0 aromatic heterocycles. The van der Waals surface area contributed by atoms with Crippen LogP contribution in [0.1, 0.15) is 31.2 Å². The minimum atomic E-state index is -0.537. The lowest BCUT2D eigenvalue weighted by atomic mass is 10.1. The first kappa shape index (κ1) is 16.1. The lowest BCUT2D eigenvalue weighted by molar-refractivity contribution is -0.135. The van der Waals surface area contributed by atoms with E-state index in [4.69, 9.17) is 10.5 Å². The summed E-state index contributed by atoms with van der Waals surface area (Å²) in [5, 5.41) is 0. The summed E-state index contributed by atoms with van der Waals surface area (Å²) in [6, 6.07) is 8.12. The monoisotopic (exact) mass is 310 g/mol. The number of halogens is 1. The van der Waals surface area contributed by atoms with Crippen LogP contribution >= 0.6 is 12.4 Å². The van der Waals surface area contributed by atoms with Crippen LogP contribution in [0.5, 0.6) is 5.75 Å². The third-order valence-corrected chi connectivity index (χ3v) is 4.27. The van der Waals surface area contributed by atoms with Crippen molar-refractivity contribution >= 4 is 18.3 Å². The Kier molecular flexibility index (Phi) is 4.79. The summed E-state index contributed by atoms with van der Waals surface area (Å²) in [6.45, 7) is 3.58. The normalized spacial score (nSPS) is 20.6. The molecule has 1 aliphatic carbocycles. The molecule has 3 rings (SSSR count). The van der Waals surface area contributed by atoms with Crippen molar-refractivity contribution in [1.82, 2.24) is 4.90 Å². The molecule has 1 aliphatic heterocycles. The van der Waals surface area contributed by atoms with E-state index in [2.05, 4.69) is 19.1 Å². The van der Waals surface area contributed by atoms with Gasteiger partial charge in [-0.05, 0) is 31.9 Å². The number of carbonyl (C=O) groups excluding carboxylic acids is 1.